The smallest absolute Gasteiger partial charge is 0.369 e. The summed E-state index contributed by atoms with van der Waals surface area (Å²) in [6.07, 6.45) is -2.41. The first-order valence-corrected chi connectivity index (χ1v) is 8.75. The Labute approximate surface area is 167 Å². The van der Waals surface area contributed by atoms with Crippen LogP contribution in [0.2, 0.25) is 5.02 Å². The SMILES string of the molecule is O=C1c2ccccc2C(O)N1Cc1cc(-c2cnc(C(F)(F)F)nc2)ncc1Cl. The lowest BCUT2D eigenvalue weighted by Crippen LogP contribution is -2.27. The van der Waals surface area contributed by atoms with Crippen molar-refractivity contribution in [3.05, 3.63) is 76.5 Å². The van der Waals surface area contributed by atoms with E-state index in [2.05, 4.69) is 15.0 Å². The first-order chi connectivity index (χ1) is 13.8. The molecule has 0 radical (unpaired) electrons. The molecule has 29 heavy (non-hydrogen) atoms. The van der Waals surface area contributed by atoms with Crippen molar-refractivity contribution in [3.8, 4) is 11.3 Å². The highest BCUT2D eigenvalue weighted by atomic mass is 35.5. The number of nitrogens with zero attached hydrogens (tertiary/aromatic N) is 4. The van der Waals surface area contributed by atoms with Crippen molar-refractivity contribution in [2.24, 2.45) is 0 Å². The molecule has 1 amide bonds. The van der Waals surface area contributed by atoms with Gasteiger partial charge in [-0.2, -0.15) is 13.2 Å². The fraction of sp³-hybridized carbons (Fsp3) is 0.158. The molecule has 1 N–H and O–H groups in total. The number of aromatic nitrogens is 3. The van der Waals surface area contributed by atoms with Gasteiger partial charge in [0, 0.05) is 35.3 Å². The zero-order valence-corrected chi connectivity index (χ0v) is 15.3. The van der Waals surface area contributed by atoms with Crippen LogP contribution in [0.4, 0.5) is 13.2 Å². The second-order valence-corrected chi connectivity index (χ2v) is 6.76. The summed E-state index contributed by atoms with van der Waals surface area (Å²) >= 11 is 6.19. The van der Waals surface area contributed by atoms with E-state index in [-0.39, 0.29) is 28.7 Å². The van der Waals surface area contributed by atoms with E-state index in [1.807, 2.05) is 0 Å². The third-order valence-electron chi connectivity index (χ3n) is 4.50. The van der Waals surface area contributed by atoms with Crippen LogP contribution in [-0.4, -0.2) is 30.9 Å². The molecule has 10 heteroatoms. The summed E-state index contributed by atoms with van der Waals surface area (Å²) in [6.45, 7) is -0.00940. The molecular formula is C19H12ClF3N4O2. The van der Waals surface area contributed by atoms with Gasteiger partial charge in [0.25, 0.3) is 5.91 Å². The number of amides is 1. The Morgan fingerprint density at radius 3 is 2.45 bits per heavy atom. The van der Waals surface area contributed by atoms with E-state index in [1.54, 1.807) is 24.3 Å². The molecule has 1 atom stereocenters. The van der Waals surface area contributed by atoms with Crippen LogP contribution < -0.4 is 0 Å². The topological polar surface area (TPSA) is 79.2 Å². The van der Waals surface area contributed by atoms with E-state index in [4.69, 9.17) is 11.6 Å². The molecule has 148 valence electrons. The molecule has 3 heterocycles. The standard InChI is InChI=1S/C19H12ClF3N4O2/c20-14-8-24-15(11-6-25-18(26-7-11)19(21,22)23)5-10(14)9-27-16(28)12-3-1-2-4-13(12)17(27)29/h1-8,16,28H,9H2. The third-order valence-corrected chi connectivity index (χ3v) is 4.84. The molecule has 0 saturated carbocycles. The first kappa shape index (κ1) is 19.3. The molecule has 1 aliphatic heterocycles. The number of halogens is 4. The summed E-state index contributed by atoms with van der Waals surface area (Å²) in [5.74, 6) is -1.60. The van der Waals surface area contributed by atoms with E-state index in [0.29, 0.717) is 16.7 Å². The van der Waals surface area contributed by atoms with Gasteiger partial charge in [-0.15, -0.1) is 0 Å². The Bertz CT molecular complexity index is 1090. The summed E-state index contributed by atoms with van der Waals surface area (Å²) < 4.78 is 37.9. The summed E-state index contributed by atoms with van der Waals surface area (Å²) in [4.78, 5) is 24.6. The van der Waals surface area contributed by atoms with Crippen LogP contribution in [0.25, 0.3) is 11.3 Å². The molecule has 3 aromatic rings. The molecule has 2 aromatic heterocycles. The van der Waals surface area contributed by atoms with Crippen LogP contribution in [0.15, 0.2) is 48.9 Å². The molecule has 0 bridgehead atoms. The lowest BCUT2D eigenvalue weighted by molar-refractivity contribution is -0.144. The average Bonchev–Trinajstić information content (AvgIpc) is 2.94. The largest absolute Gasteiger partial charge is 0.451 e. The summed E-state index contributed by atoms with van der Waals surface area (Å²) in [5.41, 5.74) is 1.92. The van der Waals surface area contributed by atoms with Crippen molar-refractivity contribution >= 4 is 17.5 Å². The third kappa shape index (κ3) is 3.54. The van der Waals surface area contributed by atoms with Crippen molar-refractivity contribution < 1.29 is 23.1 Å². The number of carbonyl (C=O) groups is 1. The molecule has 0 spiro atoms. The zero-order valence-electron chi connectivity index (χ0n) is 14.6. The lowest BCUT2D eigenvalue weighted by atomic mass is 10.1. The van der Waals surface area contributed by atoms with Crippen LogP contribution in [0.1, 0.15) is 33.5 Å². The van der Waals surface area contributed by atoms with E-state index >= 15 is 0 Å². The Hall–Kier alpha value is -3.04. The van der Waals surface area contributed by atoms with E-state index in [9.17, 15) is 23.1 Å². The van der Waals surface area contributed by atoms with Crippen LogP contribution in [0, 0.1) is 0 Å². The maximum Gasteiger partial charge on any atom is 0.451 e. The lowest BCUT2D eigenvalue weighted by Gasteiger charge is -2.21. The molecule has 4 rings (SSSR count). The number of hydrogen-bond acceptors (Lipinski definition) is 5. The van der Waals surface area contributed by atoms with Crippen molar-refractivity contribution in [1.29, 1.82) is 0 Å². The quantitative estimate of drug-likeness (QED) is 0.696. The highest BCUT2D eigenvalue weighted by Gasteiger charge is 2.36. The van der Waals surface area contributed by atoms with Gasteiger partial charge in [-0.05, 0) is 17.7 Å². The van der Waals surface area contributed by atoms with Crippen LogP contribution in [0.3, 0.4) is 0 Å². The molecule has 1 unspecified atom stereocenters. The minimum absolute atomic E-state index is 0.00940. The number of rotatable bonds is 3. The van der Waals surface area contributed by atoms with Crippen molar-refractivity contribution in [3.63, 3.8) is 0 Å². The number of alkyl halides is 3. The van der Waals surface area contributed by atoms with Gasteiger partial charge in [-0.25, -0.2) is 9.97 Å². The second kappa shape index (κ2) is 7.09. The maximum atomic E-state index is 12.6. The monoisotopic (exact) mass is 420 g/mol. The van der Waals surface area contributed by atoms with E-state index < -0.39 is 18.2 Å². The molecular weight excluding hydrogens is 409 g/mol. The predicted molar refractivity (Wildman–Crippen MR) is 96.6 cm³/mol. The van der Waals surface area contributed by atoms with E-state index in [0.717, 1.165) is 12.4 Å². The van der Waals surface area contributed by atoms with Gasteiger partial charge in [0.15, 0.2) is 6.23 Å². The normalized spacial score (nSPS) is 16.2. The zero-order chi connectivity index (χ0) is 20.8. The number of fused-ring (bicyclic) bond motifs is 1. The van der Waals surface area contributed by atoms with Crippen molar-refractivity contribution in [1.82, 2.24) is 19.9 Å². The van der Waals surface area contributed by atoms with Crippen LogP contribution in [0.5, 0.6) is 0 Å². The number of pyridine rings is 1. The summed E-state index contributed by atoms with van der Waals surface area (Å²) in [5, 5.41) is 10.7. The number of hydrogen-bond donors (Lipinski definition) is 1. The highest BCUT2D eigenvalue weighted by Crippen LogP contribution is 2.34. The van der Waals surface area contributed by atoms with Crippen LogP contribution >= 0.6 is 11.6 Å². The minimum Gasteiger partial charge on any atom is -0.369 e. The van der Waals surface area contributed by atoms with Crippen molar-refractivity contribution in [2.45, 2.75) is 18.9 Å². The molecule has 0 fully saturated rings. The Kier molecular flexibility index (Phi) is 4.71. The van der Waals surface area contributed by atoms with Gasteiger partial charge in [-0.1, -0.05) is 29.8 Å². The molecule has 1 aliphatic rings. The van der Waals surface area contributed by atoms with Gasteiger partial charge >= 0.3 is 6.18 Å². The van der Waals surface area contributed by atoms with Gasteiger partial charge in [0.1, 0.15) is 0 Å². The second-order valence-electron chi connectivity index (χ2n) is 6.35. The first-order valence-electron chi connectivity index (χ1n) is 8.37. The molecule has 0 aliphatic carbocycles. The maximum absolute atomic E-state index is 12.6. The Balaban J connectivity index is 1.62. The average molecular weight is 421 g/mol. The highest BCUT2D eigenvalue weighted by molar-refractivity contribution is 6.31. The molecule has 6 nitrogen and oxygen atoms in total. The van der Waals surface area contributed by atoms with Crippen LogP contribution in [-0.2, 0) is 12.7 Å². The van der Waals surface area contributed by atoms with Gasteiger partial charge < -0.3 is 10.0 Å². The van der Waals surface area contributed by atoms with Gasteiger partial charge in [-0.3, -0.25) is 9.78 Å². The number of benzene rings is 1. The Morgan fingerprint density at radius 2 is 1.79 bits per heavy atom. The Morgan fingerprint density at radius 1 is 1.10 bits per heavy atom. The molecule has 1 aromatic carbocycles. The fourth-order valence-corrected chi connectivity index (χ4v) is 3.22. The van der Waals surface area contributed by atoms with Gasteiger partial charge in [0.05, 0.1) is 17.3 Å². The minimum atomic E-state index is -4.64. The van der Waals surface area contributed by atoms with E-state index in [1.165, 1.54) is 17.2 Å². The number of aliphatic hydroxyl groups is 1. The summed E-state index contributed by atoms with van der Waals surface area (Å²) in [6, 6.07) is 8.24. The fourth-order valence-electron chi connectivity index (χ4n) is 3.06. The number of aliphatic hydroxyl groups excluding tert-OH is 1. The molecule has 0 saturated heterocycles. The number of carbonyl (C=O) groups excluding carboxylic acids is 1. The van der Waals surface area contributed by atoms with Gasteiger partial charge in [0.2, 0.25) is 5.82 Å². The predicted octanol–water partition coefficient (Wildman–Crippen LogP) is 3.86. The summed E-state index contributed by atoms with van der Waals surface area (Å²) in [7, 11) is 0. The van der Waals surface area contributed by atoms with Crippen molar-refractivity contribution in [2.75, 3.05) is 0 Å².